The lowest BCUT2D eigenvalue weighted by Crippen LogP contribution is -2.07. The summed E-state index contributed by atoms with van der Waals surface area (Å²) >= 11 is 0. The van der Waals surface area contributed by atoms with Crippen molar-refractivity contribution in [2.75, 3.05) is 0 Å². The quantitative estimate of drug-likeness (QED) is 0.0799. The fourth-order valence-electron chi connectivity index (χ4n) is 9.73. The predicted molar refractivity (Wildman–Crippen MR) is 294 cm³/mol. The van der Waals surface area contributed by atoms with Crippen LogP contribution in [0.1, 0.15) is 62.8 Å². The van der Waals surface area contributed by atoms with E-state index in [1.165, 1.54) is 89.0 Å². The molecule has 10 rings (SSSR count). The molecule has 0 aliphatic rings. The second-order valence-corrected chi connectivity index (χ2v) is 18.5. The van der Waals surface area contributed by atoms with Gasteiger partial charge in [0.05, 0.1) is 0 Å². The summed E-state index contributed by atoms with van der Waals surface area (Å²) in [4.78, 5) is 0. The summed E-state index contributed by atoms with van der Waals surface area (Å²) in [5.74, 6) is 0.751. The van der Waals surface area contributed by atoms with Crippen LogP contribution in [-0.2, 0) is 25.7 Å². The van der Waals surface area contributed by atoms with Gasteiger partial charge in [0.25, 0.3) is 0 Å². The molecule has 0 fully saturated rings. The molecule has 2 unspecified atom stereocenters. The minimum Gasteiger partial charge on any atom is -0.0622 e. The predicted octanol–water partition coefficient (Wildman–Crippen LogP) is 18.1. The van der Waals surface area contributed by atoms with Gasteiger partial charge in [0.1, 0.15) is 0 Å². The topological polar surface area (TPSA) is 0 Å². The zero-order valence-corrected chi connectivity index (χ0v) is 39.2. The van der Waals surface area contributed by atoms with Crippen molar-refractivity contribution in [1.82, 2.24) is 0 Å². The highest BCUT2D eigenvalue weighted by molar-refractivity contribution is 5.70. The number of hydrogen-bond acceptors (Lipinski definition) is 0. The van der Waals surface area contributed by atoms with Gasteiger partial charge in [0, 0.05) is 0 Å². The summed E-state index contributed by atoms with van der Waals surface area (Å²) in [6, 6.07) is 97.9. The molecule has 10 aromatic rings. The SMILES string of the molecule is C(=C\c1ccc(CC(Cc2ccc(-c3ccccc3)cc2)c2ccc(-c3ccccc3)cc2)cc1)/c1ccc(CCC(Cc2ccc(-c3ccccc3)cc2)c2ccc(-c3ccccc3)cc2)cc1. The first-order valence-electron chi connectivity index (χ1n) is 24.6. The maximum atomic E-state index is 2.35. The first-order chi connectivity index (χ1) is 34.1. The molecular formula is C69H58. The Morgan fingerprint density at radius 3 is 0.841 bits per heavy atom. The number of benzene rings is 10. The molecule has 0 saturated carbocycles. The Labute approximate surface area is 410 Å². The Bertz CT molecular complexity index is 3130. The molecule has 0 saturated heterocycles. The molecule has 0 aromatic heterocycles. The van der Waals surface area contributed by atoms with Gasteiger partial charge in [-0.2, -0.15) is 0 Å². The van der Waals surface area contributed by atoms with Crippen LogP contribution >= 0.6 is 0 Å². The van der Waals surface area contributed by atoms with Crippen molar-refractivity contribution in [3.05, 3.63) is 311 Å². The molecule has 0 amide bonds. The van der Waals surface area contributed by atoms with E-state index in [-0.39, 0.29) is 0 Å². The van der Waals surface area contributed by atoms with Gasteiger partial charge in [0.15, 0.2) is 0 Å². The number of aryl methyl sites for hydroxylation is 1. The number of rotatable bonds is 17. The maximum Gasteiger partial charge on any atom is -0.00810 e. The second kappa shape index (κ2) is 22.2. The first kappa shape index (κ1) is 44.8. The van der Waals surface area contributed by atoms with Gasteiger partial charge in [-0.3, -0.25) is 0 Å². The molecule has 2 atom stereocenters. The fraction of sp³-hybridized carbons (Fsp3) is 0.101. The van der Waals surface area contributed by atoms with E-state index in [1.54, 1.807) is 0 Å². The second-order valence-electron chi connectivity index (χ2n) is 18.5. The molecule has 0 bridgehead atoms. The summed E-state index contributed by atoms with van der Waals surface area (Å²) in [5, 5.41) is 0. The van der Waals surface area contributed by atoms with Crippen LogP contribution in [-0.4, -0.2) is 0 Å². The van der Waals surface area contributed by atoms with Crippen molar-refractivity contribution in [2.45, 2.75) is 43.9 Å². The van der Waals surface area contributed by atoms with Crippen LogP contribution < -0.4 is 0 Å². The number of hydrogen-bond donors (Lipinski definition) is 0. The van der Waals surface area contributed by atoms with Crippen LogP contribution in [0.25, 0.3) is 56.7 Å². The summed E-state index contributed by atoms with van der Waals surface area (Å²) < 4.78 is 0. The Kier molecular flexibility index (Phi) is 14.4. The molecule has 0 N–H and O–H groups in total. The Morgan fingerprint density at radius 2 is 0.493 bits per heavy atom. The highest BCUT2D eigenvalue weighted by Gasteiger charge is 2.16. The zero-order valence-electron chi connectivity index (χ0n) is 39.2. The normalized spacial score (nSPS) is 12.2. The molecule has 0 aliphatic heterocycles. The van der Waals surface area contributed by atoms with Gasteiger partial charge in [-0.1, -0.05) is 279 Å². The average Bonchev–Trinajstić information content (AvgIpc) is 3.43. The molecule has 334 valence electrons. The third-order valence-corrected chi connectivity index (χ3v) is 13.8. The Balaban J connectivity index is 0.797. The van der Waals surface area contributed by atoms with E-state index in [2.05, 4.69) is 279 Å². The minimum atomic E-state index is 0.347. The standard InChI is InChI=1S/C69H58/c1-5-13-58(14-6-1)62-36-32-56(33-37-62)49-68(66-45-41-64(42-46-66)60-17-9-3-10-18-60)40-31-54-25-23-52(24-26-54)21-22-53-27-29-55(30-28-53)50-69(67-47-43-65(44-48-67)61-19-11-4-12-20-61)51-57-34-38-63(39-35-57)59-15-7-2-8-16-59/h1-30,32-39,41-48,68-69H,31,40,49-51H2/b22-21+. The Hall–Kier alpha value is -8.06. The molecule has 10 aromatic carbocycles. The average molecular weight is 887 g/mol. The maximum absolute atomic E-state index is 2.35. The third kappa shape index (κ3) is 11.9. The van der Waals surface area contributed by atoms with Crippen molar-refractivity contribution in [2.24, 2.45) is 0 Å². The summed E-state index contributed by atoms with van der Waals surface area (Å²) in [6.45, 7) is 0. The van der Waals surface area contributed by atoms with E-state index in [9.17, 15) is 0 Å². The molecule has 0 spiro atoms. The van der Waals surface area contributed by atoms with Gasteiger partial charge in [0.2, 0.25) is 0 Å². The molecule has 0 heterocycles. The summed E-state index contributed by atoms with van der Waals surface area (Å²) in [7, 11) is 0. The zero-order chi connectivity index (χ0) is 46.5. The van der Waals surface area contributed by atoms with Crippen LogP contribution in [0, 0.1) is 0 Å². The Morgan fingerprint density at radius 1 is 0.232 bits per heavy atom. The van der Waals surface area contributed by atoms with Crippen molar-refractivity contribution < 1.29 is 0 Å². The van der Waals surface area contributed by atoms with Crippen LogP contribution in [0.2, 0.25) is 0 Å². The summed E-state index contributed by atoms with van der Waals surface area (Å²) in [6.07, 6.45) is 9.53. The van der Waals surface area contributed by atoms with Crippen molar-refractivity contribution >= 4 is 12.2 Å². The van der Waals surface area contributed by atoms with Crippen molar-refractivity contribution in [3.8, 4) is 44.5 Å². The van der Waals surface area contributed by atoms with E-state index in [1.807, 2.05) is 0 Å². The van der Waals surface area contributed by atoms with Crippen molar-refractivity contribution in [3.63, 3.8) is 0 Å². The van der Waals surface area contributed by atoms with Gasteiger partial charge >= 0.3 is 0 Å². The monoisotopic (exact) mass is 886 g/mol. The molecule has 0 radical (unpaired) electrons. The first-order valence-corrected chi connectivity index (χ1v) is 24.6. The van der Waals surface area contributed by atoms with E-state index in [0.717, 1.165) is 32.1 Å². The highest BCUT2D eigenvalue weighted by atomic mass is 14.2. The van der Waals surface area contributed by atoms with Crippen LogP contribution in [0.4, 0.5) is 0 Å². The largest absolute Gasteiger partial charge is 0.0622 e. The lowest BCUT2D eigenvalue weighted by molar-refractivity contribution is 0.621. The molecule has 0 aliphatic carbocycles. The van der Waals surface area contributed by atoms with E-state index in [4.69, 9.17) is 0 Å². The van der Waals surface area contributed by atoms with Gasteiger partial charge in [-0.25, -0.2) is 0 Å². The smallest absolute Gasteiger partial charge is 0.00810 e. The van der Waals surface area contributed by atoms with Crippen LogP contribution in [0.3, 0.4) is 0 Å². The molecule has 69 heavy (non-hydrogen) atoms. The molecule has 0 heteroatoms. The summed E-state index contributed by atoms with van der Waals surface area (Å²) in [5.41, 5.74) is 20.7. The highest BCUT2D eigenvalue weighted by Crippen LogP contribution is 2.32. The lowest BCUT2D eigenvalue weighted by atomic mass is 9.85. The van der Waals surface area contributed by atoms with Gasteiger partial charge in [-0.05, 0) is 133 Å². The fourth-order valence-corrected chi connectivity index (χ4v) is 9.73. The third-order valence-electron chi connectivity index (χ3n) is 13.8. The van der Waals surface area contributed by atoms with E-state index >= 15 is 0 Å². The molecular weight excluding hydrogens is 829 g/mol. The van der Waals surface area contributed by atoms with Gasteiger partial charge < -0.3 is 0 Å². The molecule has 0 nitrogen and oxygen atoms in total. The van der Waals surface area contributed by atoms with Gasteiger partial charge in [-0.15, -0.1) is 0 Å². The van der Waals surface area contributed by atoms with E-state index < -0.39 is 0 Å². The van der Waals surface area contributed by atoms with Crippen LogP contribution in [0.5, 0.6) is 0 Å². The van der Waals surface area contributed by atoms with E-state index in [0.29, 0.717) is 11.8 Å². The lowest BCUT2D eigenvalue weighted by Gasteiger charge is -2.19. The van der Waals surface area contributed by atoms with Crippen molar-refractivity contribution in [1.29, 1.82) is 0 Å². The van der Waals surface area contributed by atoms with Crippen LogP contribution in [0.15, 0.2) is 267 Å². The minimum absolute atomic E-state index is 0.347.